The van der Waals surface area contributed by atoms with E-state index in [9.17, 15) is 5.11 Å². The lowest BCUT2D eigenvalue weighted by Gasteiger charge is -2.10. The van der Waals surface area contributed by atoms with E-state index in [0.29, 0.717) is 24.8 Å². The van der Waals surface area contributed by atoms with Crippen molar-refractivity contribution < 1.29 is 9.63 Å². The van der Waals surface area contributed by atoms with Crippen LogP contribution in [0.5, 0.6) is 0 Å². The van der Waals surface area contributed by atoms with E-state index >= 15 is 0 Å². The first kappa shape index (κ1) is 11.4. The third kappa shape index (κ3) is 2.42. The van der Waals surface area contributed by atoms with Crippen LogP contribution in [0, 0.1) is 0 Å². The van der Waals surface area contributed by atoms with E-state index in [2.05, 4.69) is 15.0 Å². The standard InChI is InChI=1S/C13H15N3O2/c17-11-6-7-16(8-11)9-12-14-13(15-18-12)10-4-2-1-3-5-10/h1-5,11,17H,6-9H2. The molecule has 1 fully saturated rings. The predicted octanol–water partition coefficient (Wildman–Crippen LogP) is 1.30. The van der Waals surface area contributed by atoms with Crippen LogP contribution in [0.2, 0.25) is 0 Å². The summed E-state index contributed by atoms with van der Waals surface area (Å²) in [6.45, 7) is 2.17. The molecular formula is C13H15N3O2. The van der Waals surface area contributed by atoms with Crippen LogP contribution in [0.25, 0.3) is 11.4 Å². The lowest BCUT2D eigenvalue weighted by atomic mass is 10.2. The van der Waals surface area contributed by atoms with Crippen LogP contribution < -0.4 is 0 Å². The Balaban J connectivity index is 1.70. The Morgan fingerprint density at radius 1 is 1.33 bits per heavy atom. The van der Waals surface area contributed by atoms with Gasteiger partial charge in [0.15, 0.2) is 0 Å². The molecule has 0 radical (unpaired) electrons. The number of hydrogen-bond acceptors (Lipinski definition) is 5. The highest BCUT2D eigenvalue weighted by Gasteiger charge is 2.22. The zero-order chi connectivity index (χ0) is 12.4. The summed E-state index contributed by atoms with van der Waals surface area (Å²) in [5.41, 5.74) is 0.953. The Morgan fingerprint density at radius 3 is 2.89 bits per heavy atom. The van der Waals surface area contributed by atoms with Gasteiger partial charge in [-0.1, -0.05) is 35.5 Å². The van der Waals surface area contributed by atoms with Crippen molar-refractivity contribution in [1.82, 2.24) is 15.0 Å². The first-order valence-corrected chi connectivity index (χ1v) is 6.10. The number of aliphatic hydroxyl groups excluding tert-OH is 1. The van der Waals surface area contributed by atoms with Gasteiger partial charge in [0, 0.05) is 18.7 Å². The molecule has 0 spiro atoms. The molecule has 0 bridgehead atoms. The van der Waals surface area contributed by atoms with E-state index in [4.69, 9.17) is 4.52 Å². The van der Waals surface area contributed by atoms with Gasteiger partial charge in [-0.2, -0.15) is 4.98 Å². The van der Waals surface area contributed by atoms with Crippen LogP contribution in [0.15, 0.2) is 34.9 Å². The lowest BCUT2D eigenvalue weighted by Crippen LogP contribution is -2.21. The minimum absolute atomic E-state index is 0.221. The average molecular weight is 245 g/mol. The van der Waals surface area contributed by atoms with Crippen molar-refractivity contribution >= 4 is 0 Å². The molecule has 18 heavy (non-hydrogen) atoms. The second-order valence-electron chi connectivity index (χ2n) is 4.56. The minimum Gasteiger partial charge on any atom is -0.392 e. The van der Waals surface area contributed by atoms with Crippen molar-refractivity contribution in [1.29, 1.82) is 0 Å². The number of nitrogens with zero attached hydrogens (tertiary/aromatic N) is 3. The number of aromatic nitrogens is 2. The number of benzene rings is 1. The Hall–Kier alpha value is -1.72. The molecule has 2 heterocycles. The SMILES string of the molecule is OC1CCN(Cc2nc(-c3ccccc3)no2)C1. The van der Waals surface area contributed by atoms with Crippen molar-refractivity contribution in [2.45, 2.75) is 19.1 Å². The summed E-state index contributed by atoms with van der Waals surface area (Å²) in [4.78, 5) is 6.49. The first-order valence-electron chi connectivity index (χ1n) is 6.10. The Labute approximate surface area is 105 Å². The summed E-state index contributed by atoms with van der Waals surface area (Å²) in [7, 11) is 0. The van der Waals surface area contributed by atoms with Gasteiger partial charge in [0.05, 0.1) is 12.6 Å². The fourth-order valence-electron chi connectivity index (χ4n) is 2.17. The van der Waals surface area contributed by atoms with Crippen molar-refractivity contribution in [3.05, 3.63) is 36.2 Å². The van der Waals surface area contributed by atoms with E-state index in [1.54, 1.807) is 0 Å². The quantitative estimate of drug-likeness (QED) is 0.883. The highest BCUT2D eigenvalue weighted by Crippen LogP contribution is 2.17. The summed E-state index contributed by atoms with van der Waals surface area (Å²) in [5, 5.41) is 13.4. The molecule has 1 N–H and O–H groups in total. The largest absolute Gasteiger partial charge is 0.392 e. The lowest BCUT2D eigenvalue weighted by molar-refractivity contribution is 0.169. The Bertz CT molecular complexity index is 512. The molecule has 3 rings (SSSR count). The third-order valence-corrected chi connectivity index (χ3v) is 3.11. The molecular weight excluding hydrogens is 230 g/mol. The number of rotatable bonds is 3. The molecule has 1 aliphatic rings. The van der Waals surface area contributed by atoms with Crippen LogP contribution in [-0.2, 0) is 6.54 Å². The van der Waals surface area contributed by atoms with Gasteiger partial charge in [-0.3, -0.25) is 4.90 Å². The van der Waals surface area contributed by atoms with Crippen molar-refractivity contribution in [2.75, 3.05) is 13.1 Å². The summed E-state index contributed by atoms with van der Waals surface area (Å²) in [6.07, 6.45) is 0.598. The number of hydrogen-bond donors (Lipinski definition) is 1. The third-order valence-electron chi connectivity index (χ3n) is 3.11. The molecule has 1 atom stereocenters. The Kier molecular flexibility index (Phi) is 3.08. The van der Waals surface area contributed by atoms with E-state index in [1.807, 2.05) is 30.3 Å². The molecule has 1 saturated heterocycles. The van der Waals surface area contributed by atoms with Gasteiger partial charge in [-0.25, -0.2) is 0 Å². The first-order chi connectivity index (χ1) is 8.81. The van der Waals surface area contributed by atoms with E-state index in [0.717, 1.165) is 18.5 Å². The zero-order valence-corrected chi connectivity index (χ0v) is 9.99. The molecule has 1 aromatic heterocycles. The highest BCUT2D eigenvalue weighted by atomic mass is 16.5. The van der Waals surface area contributed by atoms with Gasteiger partial charge in [0.25, 0.3) is 0 Å². The van der Waals surface area contributed by atoms with Gasteiger partial charge < -0.3 is 9.63 Å². The molecule has 2 aromatic rings. The predicted molar refractivity (Wildman–Crippen MR) is 65.6 cm³/mol. The number of aliphatic hydroxyl groups is 1. The van der Waals surface area contributed by atoms with Crippen LogP contribution in [0.1, 0.15) is 12.3 Å². The minimum atomic E-state index is -0.221. The van der Waals surface area contributed by atoms with E-state index in [1.165, 1.54) is 0 Å². The van der Waals surface area contributed by atoms with Crippen LogP contribution in [0.3, 0.4) is 0 Å². The van der Waals surface area contributed by atoms with Crippen molar-refractivity contribution in [2.24, 2.45) is 0 Å². The normalized spacial score (nSPS) is 20.4. The maximum absolute atomic E-state index is 9.45. The molecule has 1 aliphatic heterocycles. The van der Waals surface area contributed by atoms with Gasteiger partial charge in [-0.05, 0) is 6.42 Å². The molecule has 0 saturated carbocycles. The van der Waals surface area contributed by atoms with Gasteiger partial charge in [0.2, 0.25) is 11.7 Å². The van der Waals surface area contributed by atoms with E-state index in [-0.39, 0.29) is 6.10 Å². The fraction of sp³-hybridized carbons (Fsp3) is 0.385. The summed E-state index contributed by atoms with van der Waals surface area (Å²) < 4.78 is 5.23. The number of β-amino-alcohol motifs (C(OH)–C–C–N with tert-alkyl or cyclic N) is 1. The van der Waals surface area contributed by atoms with Crippen molar-refractivity contribution in [3.63, 3.8) is 0 Å². The van der Waals surface area contributed by atoms with Crippen LogP contribution in [0.4, 0.5) is 0 Å². The second-order valence-corrected chi connectivity index (χ2v) is 4.56. The molecule has 94 valence electrons. The summed E-state index contributed by atoms with van der Waals surface area (Å²) in [6, 6.07) is 9.75. The fourth-order valence-corrected chi connectivity index (χ4v) is 2.17. The molecule has 1 unspecified atom stereocenters. The van der Waals surface area contributed by atoms with Gasteiger partial charge >= 0.3 is 0 Å². The number of likely N-dealkylation sites (tertiary alicyclic amines) is 1. The molecule has 0 aliphatic carbocycles. The molecule has 1 aromatic carbocycles. The van der Waals surface area contributed by atoms with Crippen LogP contribution in [-0.4, -0.2) is 39.3 Å². The van der Waals surface area contributed by atoms with Gasteiger partial charge in [0.1, 0.15) is 0 Å². The maximum atomic E-state index is 9.45. The molecule has 0 amide bonds. The van der Waals surface area contributed by atoms with Crippen LogP contribution >= 0.6 is 0 Å². The second kappa shape index (κ2) is 4.88. The summed E-state index contributed by atoms with van der Waals surface area (Å²) >= 11 is 0. The average Bonchev–Trinajstić information content (AvgIpc) is 3.01. The van der Waals surface area contributed by atoms with E-state index < -0.39 is 0 Å². The highest BCUT2D eigenvalue weighted by molar-refractivity contribution is 5.53. The maximum Gasteiger partial charge on any atom is 0.241 e. The summed E-state index contributed by atoms with van der Waals surface area (Å²) in [5.74, 6) is 1.22. The smallest absolute Gasteiger partial charge is 0.241 e. The zero-order valence-electron chi connectivity index (χ0n) is 9.99. The van der Waals surface area contributed by atoms with Crippen molar-refractivity contribution in [3.8, 4) is 11.4 Å². The Morgan fingerprint density at radius 2 is 2.17 bits per heavy atom. The van der Waals surface area contributed by atoms with Gasteiger partial charge in [-0.15, -0.1) is 0 Å². The monoisotopic (exact) mass is 245 g/mol. The molecule has 5 heteroatoms. The molecule has 5 nitrogen and oxygen atoms in total. The topological polar surface area (TPSA) is 62.4 Å².